The maximum Gasteiger partial charge on any atom is 0.228 e. The van der Waals surface area contributed by atoms with Crippen LogP contribution in [0.1, 0.15) is 25.7 Å². The van der Waals surface area contributed by atoms with E-state index in [-0.39, 0.29) is 23.8 Å². The van der Waals surface area contributed by atoms with E-state index in [2.05, 4.69) is 51.2 Å². The minimum atomic E-state index is -0.0248. The first-order chi connectivity index (χ1) is 14.6. The van der Waals surface area contributed by atoms with Crippen LogP contribution in [-0.2, 0) is 0 Å². The van der Waals surface area contributed by atoms with Crippen LogP contribution in [0, 0.1) is 0 Å². The minimum Gasteiger partial charge on any atom is -0.395 e. The fourth-order valence-corrected chi connectivity index (χ4v) is 2.68. The van der Waals surface area contributed by atoms with Crippen LogP contribution in [0.15, 0.2) is 0 Å². The van der Waals surface area contributed by atoms with Crippen LogP contribution in [0.5, 0.6) is 0 Å². The number of anilines is 4. The highest BCUT2D eigenvalue weighted by Gasteiger charge is 2.05. The molecule has 166 valence electrons. The van der Waals surface area contributed by atoms with Gasteiger partial charge in [0.15, 0.2) is 0 Å². The fourth-order valence-electron chi connectivity index (χ4n) is 2.36. The summed E-state index contributed by atoms with van der Waals surface area (Å²) in [6.45, 7) is 2.04. The molecule has 0 unspecified atom stereocenters. The first-order valence-corrected chi connectivity index (χ1v) is 10.4. The lowest BCUT2D eigenvalue weighted by Gasteiger charge is -2.08. The molecule has 6 N–H and O–H groups in total. The Morgan fingerprint density at radius 3 is 1.17 bits per heavy atom. The van der Waals surface area contributed by atoms with Gasteiger partial charge in [0.25, 0.3) is 0 Å². The summed E-state index contributed by atoms with van der Waals surface area (Å²) in [6.07, 6.45) is 3.92. The Balaban J connectivity index is 1.60. The normalized spacial score (nSPS) is 10.7. The highest BCUT2D eigenvalue weighted by atomic mass is 35.5. The van der Waals surface area contributed by atoms with Crippen LogP contribution in [0.2, 0.25) is 10.6 Å². The van der Waals surface area contributed by atoms with E-state index in [1.807, 2.05) is 0 Å². The van der Waals surface area contributed by atoms with Crippen LogP contribution in [0.25, 0.3) is 0 Å². The molecule has 0 fully saturated rings. The Morgan fingerprint density at radius 1 is 0.500 bits per heavy atom. The molecule has 0 aromatic carbocycles. The van der Waals surface area contributed by atoms with Gasteiger partial charge in [-0.1, -0.05) is 12.8 Å². The average Bonchev–Trinajstić information content (AvgIpc) is 2.72. The molecule has 2 aromatic heterocycles. The zero-order valence-electron chi connectivity index (χ0n) is 16.4. The van der Waals surface area contributed by atoms with Gasteiger partial charge >= 0.3 is 0 Å². The molecule has 0 bridgehead atoms. The average molecular weight is 461 g/mol. The van der Waals surface area contributed by atoms with Crippen molar-refractivity contribution in [1.29, 1.82) is 0 Å². The SMILES string of the molecule is OCCNc1nc(Cl)nc(NCCCCCCNc2nc(Cl)nc(NCCO)n2)n1. The van der Waals surface area contributed by atoms with Gasteiger partial charge in [-0.25, -0.2) is 0 Å². The van der Waals surface area contributed by atoms with E-state index >= 15 is 0 Å². The second kappa shape index (κ2) is 13.9. The summed E-state index contributed by atoms with van der Waals surface area (Å²) in [4.78, 5) is 24.3. The molecule has 0 radical (unpaired) electrons. The molecule has 30 heavy (non-hydrogen) atoms. The third-order valence-electron chi connectivity index (χ3n) is 3.68. The number of hydrogen-bond acceptors (Lipinski definition) is 12. The third kappa shape index (κ3) is 9.48. The fraction of sp³-hybridized carbons (Fsp3) is 0.625. The van der Waals surface area contributed by atoms with Gasteiger partial charge in [-0.3, -0.25) is 0 Å². The largest absolute Gasteiger partial charge is 0.395 e. The van der Waals surface area contributed by atoms with E-state index in [0.29, 0.717) is 50.0 Å². The van der Waals surface area contributed by atoms with E-state index in [1.165, 1.54) is 0 Å². The van der Waals surface area contributed by atoms with Crippen molar-refractivity contribution in [1.82, 2.24) is 29.9 Å². The molecule has 12 nitrogen and oxygen atoms in total. The molecule has 0 saturated heterocycles. The van der Waals surface area contributed by atoms with Crippen LogP contribution in [-0.4, -0.2) is 79.5 Å². The molecule has 2 aromatic rings. The summed E-state index contributed by atoms with van der Waals surface area (Å²) in [5.41, 5.74) is 0. The Labute approximate surface area is 184 Å². The molecule has 14 heteroatoms. The maximum atomic E-state index is 8.83. The van der Waals surface area contributed by atoms with Crippen LogP contribution >= 0.6 is 23.2 Å². The predicted molar refractivity (Wildman–Crippen MR) is 116 cm³/mol. The van der Waals surface area contributed by atoms with Crippen molar-refractivity contribution in [2.24, 2.45) is 0 Å². The van der Waals surface area contributed by atoms with Crippen molar-refractivity contribution >= 4 is 47.0 Å². The Kier molecular flexibility index (Phi) is 11.1. The number of hydrogen-bond donors (Lipinski definition) is 6. The van der Waals surface area contributed by atoms with Crippen LogP contribution in [0.3, 0.4) is 0 Å². The van der Waals surface area contributed by atoms with E-state index < -0.39 is 0 Å². The molecule has 0 aliphatic carbocycles. The molecular weight excluding hydrogens is 435 g/mol. The topological polar surface area (TPSA) is 166 Å². The maximum absolute atomic E-state index is 8.83. The summed E-state index contributed by atoms with van der Waals surface area (Å²) in [7, 11) is 0. The smallest absolute Gasteiger partial charge is 0.228 e. The molecule has 0 aliphatic heterocycles. The first-order valence-electron chi connectivity index (χ1n) is 9.61. The lowest BCUT2D eigenvalue weighted by molar-refractivity contribution is 0.310. The minimum absolute atomic E-state index is 0.0248. The molecule has 0 aliphatic rings. The molecule has 2 heterocycles. The highest BCUT2D eigenvalue weighted by molar-refractivity contribution is 6.28. The van der Waals surface area contributed by atoms with Crippen molar-refractivity contribution in [3.63, 3.8) is 0 Å². The number of halogens is 2. The molecule has 0 saturated carbocycles. The van der Waals surface area contributed by atoms with E-state index in [0.717, 1.165) is 25.7 Å². The summed E-state index contributed by atoms with van der Waals surface area (Å²) in [6, 6.07) is 0. The van der Waals surface area contributed by atoms with Crippen molar-refractivity contribution in [2.45, 2.75) is 25.7 Å². The van der Waals surface area contributed by atoms with E-state index in [9.17, 15) is 0 Å². The number of unbranched alkanes of at least 4 members (excludes halogenated alkanes) is 3. The Morgan fingerprint density at radius 2 is 0.833 bits per heavy atom. The molecule has 0 atom stereocenters. The van der Waals surface area contributed by atoms with Crippen molar-refractivity contribution in [2.75, 3.05) is 60.7 Å². The number of rotatable bonds is 15. The van der Waals surface area contributed by atoms with Gasteiger partial charge in [-0.05, 0) is 36.0 Å². The van der Waals surface area contributed by atoms with Gasteiger partial charge in [-0.2, -0.15) is 29.9 Å². The number of aliphatic hydroxyl groups excluding tert-OH is 2. The highest BCUT2D eigenvalue weighted by Crippen LogP contribution is 2.11. The molecule has 0 amide bonds. The van der Waals surface area contributed by atoms with Crippen LogP contribution in [0.4, 0.5) is 23.8 Å². The molecule has 2 rings (SSSR count). The predicted octanol–water partition coefficient (Wildman–Crippen LogP) is 1.26. The summed E-state index contributed by atoms with van der Waals surface area (Å²) in [5, 5.41) is 29.8. The summed E-state index contributed by atoms with van der Waals surface area (Å²) < 4.78 is 0. The van der Waals surface area contributed by atoms with Gasteiger partial charge in [-0.15, -0.1) is 0 Å². The van der Waals surface area contributed by atoms with Crippen molar-refractivity contribution in [3.8, 4) is 0 Å². The second-order valence-electron chi connectivity index (χ2n) is 6.07. The quantitative estimate of drug-likeness (QED) is 0.211. The first kappa shape index (κ1) is 24.0. The Bertz CT molecular complexity index is 707. The zero-order valence-corrected chi connectivity index (χ0v) is 17.9. The number of nitrogens with zero attached hydrogens (tertiary/aromatic N) is 6. The lowest BCUT2D eigenvalue weighted by Crippen LogP contribution is -2.13. The number of nitrogens with one attached hydrogen (secondary N) is 4. The zero-order chi connectivity index (χ0) is 21.6. The molecular formula is C16H26Cl2N10O2. The van der Waals surface area contributed by atoms with Gasteiger partial charge in [0.05, 0.1) is 13.2 Å². The van der Waals surface area contributed by atoms with Crippen molar-refractivity contribution < 1.29 is 10.2 Å². The lowest BCUT2D eigenvalue weighted by atomic mass is 10.2. The van der Waals surface area contributed by atoms with Gasteiger partial charge < -0.3 is 31.5 Å². The number of aliphatic hydroxyl groups is 2. The van der Waals surface area contributed by atoms with Gasteiger partial charge in [0.2, 0.25) is 34.4 Å². The standard InChI is InChI=1S/C16H26Cl2N10O2/c17-11-23-13(27-15(25-11)21-7-9-29)19-5-3-1-2-4-6-20-14-24-12(18)26-16(28-14)22-8-10-30/h29-30H,1-10H2,(H2,19,21,23,25,27)(H2,20,22,24,26,28). The summed E-state index contributed by atoms with van der Waals surface area (Å²) in [5.74, 6) is 1.44. The third-order valence-corrected chi connectivity index (χ3v) is 4.01. The van der Waals surface area contributed by atoms with Gasteiger partial charge in [0.1, 0.15) is 0 Å². The van der Waals surface area contributed by atoms with E-state index in [1.54, 1.807) is 0 Å². The van der Waals surface area contributed by atoms with Gasteiger partial charge in [0, 0.05) is 26.2 Å². The monoisotopic (exact) mass is 460 g/mol. The number of aromatic nitrogens is 6. The second-order valence-corrected chi connectivity index (χ2v) is 6.75. The van der Waals surface area contributed by atoms with Crippen LogP contribution < -0.4 is 21.3 Å². The molecule has 0 spiro atoms. The van der Waals surface area contributed by atoms with Crippen molar-refractivity contribution in [3.05, 3.63) is 10.6 Å². The summed E-state index contributed by atoms with van der Waals surface area (Å²) >= 11 is 11.7. The Hall–Kier alpha value is -2.28. The van der Waals surface area contributed by atoms with E-state index in [4.69, 9.17) is 33.4 Å².